The molecule has 0 spiro atoms. The van der Waals surface area contributed by atoms with Gasteiger partial charge in [0, 0.05) is 10.7 Å². The zero-order chi connectivity index (χ0) is 12.5. The molecule has 8 heteroatoms. The first-order chi connectivity index (χ1) is 7.98. The largest absolute Gasteiger partial charge is 0.263 e. The first-order valence-electron chi connectivity index (χ1n) is 4.53. The van der Waals surface area contributed by atoms with Gasteiger partial charge in [0.2, 0.25) is 0 Å². The number of nitrogens with zero attached hydrogens (tertiary/aromatic N) is 3. The second-order valence-electron chi connectivity index (χ2n) is 3.26. The molecule has 2 aromatic rings. The van der Waals surface area contributed by atoms with E-state index in [2.05, 4.69) is 10.1 Å². The van der Waals surface area contributed by atoms with Gasteiger partial charge in [0.05, 0.1) is 11.6 Å². The van der Waals surface area contributed by atoms with Crippen molar-refractivity contribution in [1.29, 1.82) is 0 Å². The highest BCUT2D eigenvalue weighted by atomic mass is 35.7. The van der Waals surface area contributed by atoms with Crippen molar-refractivity contribution in [1.82, 2.24) is 14.8 Å². The van der Waals surface area contributed by atoms with Crippen molar-refractivity contribution < 1.29 is 8.42 Å². The van der Waals surface area contributed by atoms with Gasteiger partial charge < -0.3 is 0 Å². The minimum Gasteiger partial charge on any atom is -0.249 e. The van der Waals surface area contributed by atoms with Gasteiger partial charge in [-0.15, -0.1) is 0 Å². The molecule has 1 aromatic heterocycles. The Morgan fingerprint density at radius 3 is 2.71 bits per heavy atom. The van der Waals surface area contributed by atoms with Crippen molar-refractivity contribution in [3.63, 3.8) is 0 Å². The molecule has 0 aliphatic rings. The van der Waals surface area contributed by atoms with Gasteiger partial charge in [-0.05, 0) is 11.6 Å². The van der Waals surface area contributed by atoms with E-state index in [0.29, 0.717) is 5.56 Å². The van der Waals surface area contributed by atoms with Gasteiger partial charge >= 0.3 is 0 Å². The van der Waals surface area contributed by atoms with E-state index < -0.39 is 9.05 Å². The van der Waals surface area contributed by atoms with Crippen molar-refractivity contribution in [2.45, 2.75) is 11.4 Å². The number of benzene rings is 1. The van der Waals surface area contributed by atoms with Crippen LogP contribution in [0.2, 0.25) is 5.02 Å². The molecule has 0 saturated heterocycles. The average Bonchev–Trinajstić information content (AvgIpc) is 2.68. The second kappa shape index (κ2) is 4.64. The summed E-state index contributed by atoms with van der Waals surface area (Å²) >= 11 is 5.85. The van der Waals surface area contributed by atoms with Gasteiger partial charge in [-0.2, -0.15) is 5.10 Å². The molecule has 5 nitrogen and oxygen atoms in total. The standard InChI is InChI=1S/C9H7Cl2N3O2S/c10-8-3-1-2-7(9(8)17(11,15)16)4-14-6-12-5-13-14/h1-3,5-6H,4H2. The van der Waals surface area contributed by atoms with Crippen molar-refractivity contribution in [3.05, 3.63) is 41.4 Å². The molecule has 90 valence electrons. The van der Waals surface area contributed by atoms with Crippen LogP contribution in [0.4, 0.5) is 0 Å². The number of hydrogen-bond acceptors (Lipinski definition) is 4. The lowest BCUT2D eigenvalue weighted by Gasteiger charge is -2.08. The molecule has 0 radical (unpaired) electrons. The lowest BCUT2D eigenvalue weighted by Crippen LogP contribution is -2.05. The zero-order valence-corrected chi connectivity index (χ0v) is 10.7. The quantitative estimate of drug-likeness (QED) is 0.811. The summed E-state index contributed by atoms with van der Waals surface area (Å²) in [6.07, 6.45) is 2.84. The van der Waals surface area contributed by atoms with Crippen molar-refractivity contribution in [2.24, 2.45) is 0 Å². The Morgan fingerprint density at radius 2 is 2.12 bits per heavy atom. The van der Waals surface area contributed by atoms with Crippen LogP contribution < -0.4 is 0 Å². The summed E-state index contributed by atoms with van der Waals surface area (Å²) in [5.74, 6) is 0. The molecule has 1 heterocycles. The van der Waals surface area contributed by atoms with E-state index in [1.165, 1.54) is 23.4 Å². The summed E-state index contributed by atoms with van der Waals surface area (Å²) in [6.45, 7) is 0.238. The van der Waals surface area contributed by atoms with Gasteiger partial charge in [-0.1, -0.05) is 23.7 Å². The monoisotopic (exact) mass is 291 g/mol. The normalized spacial score (nSPS) is 11.6. The number of halogens is 2. The van der Waals surface area contributed by atoms with E-state index in [9.17, 15) is 8.42 Å². The Bertz CT molecular complexity index is 626. The predicted molar refractivity (Wildman–Crippen MR) is 63.6 cm³/mol. The van der Waals surface area contributed by atoms with Crippen LogP contribution in [-0.4, -0.2) is 23.2 Å². The highest BCUT2D eigenvalue weighted by Gasteiger charge is 2.19. The molecule has 0 fully saturated rings. The third kappa shape index (κ3) is 2.77. The summed E-state index contributed by atoms with van der Waals surface area (Å²) in [5, 5.41) is 3.98. The average molecular weight is 292 g/mol. The summed E-state index contributed by atoms with van der Waals surface area (Å²) in [7, 11) is 1.46. The highest BCUT2D eigenvalue weighted by molar-refractivity contribution is 8.13. The Balaban J connectivity index is 2.51. The first-order valence-corrected chi connectivity index (χ1v) is 7.21. The Hall–Kier alpha value is -1.11. The van der Waals surface area contributed by atoms with Gasteiger partial charge in [0.1, 0.15) is 17.6 Å². The third-order valence-electron chi connectivity index (χ3n) is 2.09. The molecule has 0 amide bonds. The van der Waals surface area contributed by atoms with Gasteiger partial charge in [-0.3, -0.25) is 0 Å². The molecule has 0 N–H and O–H groups in total. The predicted octanol–water partition coefficient (Wildman–Crippen LogP) is 1.91. The fourth-order valence-corrected chi connectivity index (χ4v) is 3.35. The Kier molecular flexibility index (Phi) is 3.37. The fraction of sp³-hybridized carbons (Fsp3) is 0.111. The topological polar surface area (TPSA) is 64.8 Å². The van der Waals surface area contributed by atoms with Crippen LogP contribution in [0.5, 0.6) is 0 Å². The smallest absolute Gasteiger partial charge is 0.249 e. The molecular weight excluding hydrogens is 285 g/mol. The molecule has 2 rings (SSSR count). The van der Waals surface area contributed by atoms with Crippen LogP contribution in [0.1, 0.15) is 5.56 Å². The number of aromatic nitrogens is 3. The fourth-order valence-electron chi connectivity index (χ4n) is 1.44. The molecule has 17 heavy (non-hydrogen) atoms. The Morgan fingerprint density at radius 1 is 1.35 bits per heavy atom. The van der Waals surface area contributed by atoms with Gasteiger partial charge in [0.25, 0.3) is 9.05 Å². The maximum absolute atomic E-state index is 11.4. The Labute approximate surface area is 107 Å². The van der Waals surface area contributed by atoms with Crippen LogP contribution in [0.3, 0.4) is 0 Å². The van der Waals surface area contributed by atoms with Crippen molar-refractivity contribution in [3.8, 4) is 0 Å². The van der Waals surface area contributed by atoms with Gasteiger partial charge in [0.15, 0.2) is 0 Å². The minimum absolute atomic E-state index is 0.0844. The third-order valence-corrected chi connectivity index (χ3v) is 3.95. The van der Waals surface area contributed by atoms with E-state index in [1.54, 1.807) is 12.1 Å². The SMILES string of the molecule is O=S(=O)(Cl)c1c(Cl)cccc1Cn1cncn1. The van der Waals surface area contributed by atoms with E-state index >= 15 is 0 Å². The molecule has 0 bridgehead atoms. The van der Waals surface area contributed by atoms with Crippen LogP contribution in [0, 0.1) is 0 Å². The molecular formula is C9H7Cl2N3O2S. The molecule has 0 saturated carbocycles. The van der Waals surface area contributed by atoms with Crippen LogP contribution in [0.15, 0.2) is 35.7 Å². The summed E-state index contributed by atoms with van der Waals surface area (Å²) in [5.41, 5.74) is 0.470. The van der Waals surface area contributed by atoms with Crippen LogP contribution >= 0.6 is 22.3 Å². The molecule has 0 unspecified atom stereocenters. The van der Waals surface area contributed by atoms with E-state index in [4.69, 9.17) is 22.3 Å². The zero-order valence-electron chi connectivity index (χ0n) is 8.42. The molecule has 1 aromatic carbocycles. The van der Waals surface area contributed by atoms with Crippen LogP contribution in [-0.2, 0) is 15.6 Å². The summed E-state index contributed by atoms with van der Waals surface area (Å²) in [4.78, 5) is 3.68. The maximum Gasteiger partial charge on any atom is 0.263 e. The van der Waals surface area contributed by atoms with E-state index in [-0.39, 0.29) is 16.5 Å². The van der Waals surface area contributed by atoms with Crippen molar-refractivity contribution in [2.75, 3.05) is 0 Å². The summed E-state index contributed by atoms with van der Waals surface area (Å²) < 4.78 is 24.4. The molecule has 0 atom stereocenters. The second-order valence-corrected chi connectivity index (χ2v) is 6.17. The first kappa shape index (κ1) is 12.3. The van der Waals surface area contributed by atoms with Crippen LogP contribution in [0.25, 0.3) is 0 Å². The van der Waals surface area contributed by atoms with Crippen molar-refractivity contribution >= 4 is 31.3 Å². The maximum atomic E-state index is 11.4. The number of hydrogen-bond donors (Lipinski definition) is 0. The highest BCUT2D eigenvalue weighted by Crippen LogP contribution is 2.28. The summed E-state index contributed by atoms with van der Waals surface area (Å²) in [6, 6.07) is 4.75. The lowest BCUT2D eigenvalue weighted by molar-refractivity contribution is 0.605. The minimum atomic E-state index is -3.89. The van der Waals surface area contributed by atoms with Gasteiger partial charge in [-0.25, -0.2) is 18.1 Å². The van der Waals surface area contributed by atoms with E-state index in [1.807, 2.05) is 0 Å². The molecule has 0 aliphatic carbocycles. The molecule has 0 aliphatic heterocycles. The lowest BCUT2D eigenvalue weighted by atomic mass is 10.2. The number of rotatable bonds is 3. The van der Waals surface area contributed by atoms with E-state index in [0.717, 1.165) is 0 Å².